The summed E-state index contributed by atoms with van der Waals surface area (Å²) in [6, 6.07) is 15.2. The molecule has 4 N–H and O–H groups in total. The molecule has 2 aliphatic carbocycles. The molecule has 0 radical (unpaired) electrons. The van der Waals surface area contributed by atoms with E-state index in [2.05, 4.69) is 69.1 Å². The number of nitrogens with one attached hydrogen (secondary N) is 4. The van der Waals surface area contributed by atoms with Gasteiger partial charge in [-0.1, -0.05) is 48.5 Å². The van der Waals surface area contributed by atoms with E-state index in [9.17, 15) is 19.2 Å². The molecule has 4 amide bonds. The number of hydrogen-bond acceptors (Lipinski definition) is 10. The van der Waals surface area contributed by atoms with Crippen molar-refractivity contribution in [1.29, 1.82) is 0 Å². The largest absolute Gasteiger partial charge is 0.453 e. The first-order valence-corrected chi connectivity index (χ1v) is 22.0. The molecular formula is C46H50N8O8. The van der Waals surface area contributed by atoms with E-state index in [1.165, 1.54) is 14.2 Å². The SMILES string of the molecule is COC(=O)N[C@@H]1C(=O)N2[C@H](CC[C@H]2c2ncc(-c3ccc(-c4ccc(-c5cnc([C@@H]6CC[C@@H]7C8C(CC89COC9)[C@H](NC(=O)OC)C(=O)N76)[nH]5)cc4)cc3)[nH]2)C2C1CC21COC1. The van der Waals surface area contributed by atoms with Crippen LogP contribution < -0.4 is 10.6 Å². The fourth-order valence-corrected chi connectivity index (χ4v) is 13.4. The molecule has 2 spiro atoms. The predicted octanol–water partition coefficient (Wildman–Crippen LogP) is 4.98. The fraction of sp³-hybridized carbons (Fsp3) is 0.522. The Kier molecular flexibility index (Phi) is 8.50. The number of carbonyl (C=O) groups excluding carboxylic acids is 4. The monoisotopic (exact) mass is 842 g/mol. The van der Waals surface area contributed by atoms with Crippen LogP contribution in [0.2, 0.25) is 0 Å². The van der Waals surface area contributed by atoms with Crippen molar-refractivity contribution in [2.24, 2.45) is 34.5 Å². The molecule has 0 bridgehead atoms. The second-order valence-corrected chi connectivity index (χ2v) is 19.1. The predicted molar refractivity (Wildman–Crippen MR) is 221 cm³/mol. The summed E-state index contributed by atoms with van der Waals surface area (Å²) in [6.45, 7) is 2.84. The van der Waals surface area contributed by atoms with Crippen molar-refractivity contribution < 1.29 is 38.1 Å². The number of rotatable bonds is 7. The maximum Gasteiger partial charge on any atom is 0.407 e. The van der Waals surface area contributed by atoms with Crippen LogP contribution in [-0.2, 0) is 28.5 Å². The van der Waals surface area contributed by atoms with E-state index in [1.54, 1.807) is 0 Å². The Morgan fingerprint density at radius 2 is 1.02 bits per heavy atom. The summed E-state index contributed by atoms with van der Waals surface area (Å²) in [6.07, 6.45) is 7.67. The molecule has 62 heavy (non-hydrogen) atoms. The molecule has 2 aromatic heterocycles. The van der Waals surface area contributed by atoms with Crippen LogP contribution in [0.25, 0.3) is 33.6 Å². The van der Waals surface area contributed by atoms with Crippen molar-refractivity contribution in [1.82, 2.24) is 40.4 Å². The molecule has 4 unspecified atom stereocenters. The summed E-state index contributed by atoms with van der Waals surface area (Å²) in [5, 5.41) is 5.73. The Balaban J connectivity index is 0.731. The number of imidazole rings is 2. The zero-order valence-corrected chi connectivity index (χ0v) is 34.7. The van der Waals surface area contributed by atoms with Crippen LogP contribution in [-0.4, -0.2) is 119 Å². The molecule has 10 atom stereocenters. The van der Waals surface area contributed by atoms with Crippen LogP contribution in [0.1, 0.15) is 62.3 Å². The van der Waals surface area contributed by atoms with Crippen LogP contribution in [0, 0.1) is 34.5 Å². The number of hydrogen-bond donors (Lipinski definition) is 4. The van der Waals surface area contributed by atoms with Crippen molar-refractivity contribution in [3.63, 3.8) is 0 Å². The Hall–Kier alpha value is -5.74. The maximum atomic E-state index is 14.1. The minimum absolute atomic E-state index is 0.0599. The third kappa shape index (κ3) is 5.44. The highest BCUT2D eigenvalue weighted by Crippen LogP contribution is 2.65. The van der Waals surface area contributed by atoms with Gasteiger partial charge in [0.15, 0.2) is 0 Å². The molecule has 6 saturated heterocycles. The molecule has 8 heterocycles. The molecule has 16 heteroatoms. The molecule has 16 nitrogen and oxygen atoms in total. The molecule has 2 aromatic carbocycles. The lowest BCUT2D eigenvalue weighted by atomic mass is 9.47. The van der Waals surface area contributed by atoms with Crippen LogP contribution >= 0.6 is 0 Å². The standard InChI is InChI=1S/C46H50N8O8/c1-59-43(57)51-37-27-15-45(19-61-20-45)35(27)31-11-13-33(53(31)41(37)55)39-47-17-29(49-39)25-7-3-23(4-8-25)24-5-9-26(10-6-24)30-18-48-40(50-30)34-14-12-32-36-28(16-46(36)21-62-22-46)38(42(56)54(32)34)52-44(58)60-2/h3-10,17-18,27-28,31-38H,11-16,19-22H2,1-2H3,(H,47,49)(H,48,50)(H,51,57)(H,52,58)/t27?,28?,31-,32-,33+,34+,35?,36?,37+,38+/m1/s1. The normalized spacial score (nSPS) is 32.9. The van der Waals surface area contributed by atoms with E-state index in [1.807, 2.05) is 22.2 Å². The third-order valence-corrected chi connectivity index (χ3v) is 16.2. The summed E-state index contributed by atoms with van der Waals surface area (Å²) >= 11 is 0. The van der Waals surface area contributed by atoms with Gasteiger partial charge in [-0.15, -0.1) is 0 Å². The Morgan fingerprint density at radius 3 is 1.37 bits per heavy atom. The Labute approximate surface area is 357 Å². The van der Waals surface area contributed by atoms with Crippen molar-refractivity contribution in [2.45, 2.75) is 74.8 Å². The highest BCUT2D eigenvalue weighted by atomic mass is 16.5. The summed E-state index contributed by atoms with van der Waals surface area (Å²) in [5.74, 6) is 2.12. The molecule has 12 rings (SSSR count). The lowest BCUT2D eigenvalue weighted by Crippen LogP contribution is -2.75. The van der Waals surface area contributed by atoms with Gasteiger partial charge < -0.3 is 49.3 Å². The summed E-state index contributed by atoms with van der Waals surface area (Å²) in [7, 11) is 2.65. The van der Waals surface area contributed by atoms with E-state index in [4.69, 9.17) is 28.9 Å². The van der Waals surface area contributed by atoms with Crippen LogP contribution in [0.4, 0.5) is 9.59 Å². The van der Waals surface area contributed by atoms with Gasteiger partial charge in [0.25, 0.3) is 0 Å². The first-order chi connectivity index (χ1) is 30.2. The number of amides is 4. The van der Waals surface area contributed by atoms with Gasteiger partial charge in [-0.3, -0.25) is 9.59 Å². The number of ether oxygens (including phenoxy) is 4. The number of carbonyl (C=O) groups is 4. The summed E-state index contributed by atoms with van der Waals surface area (Å²) in [5.41, 5.74) is 6.02. The molecule has 8 aliphatic rings. The molecule has 6 aliphatic heterocycles. The third-order valence-electron chi connectivity index (χ3n) is 16.2. The summed E-state index contributed by atoms with van der Waals surface area (Å²) in [4.78, 5) is 73.4. The zero-order chi connectivity index (χ0) is 42.1. The van der Waals surface area contributed by atoms with Gasteiger partial charge in [-0.05, 0) is 84.5 Å². The average molecular weight is 843 g/mol. The van der Waals surface area contributed by atoms with E-state index < -0.39 is 24.3 Å². The lowest BCUT2D eigenvalue weighted by molar-refractivity contribution is -0.253. The average Bonchev–Trinajstić information content (AvgIpc) is 4.07. The number of piperidine rings is 2. The van der Waals surface area contributed by atoms with Gasteiger partial charge in [-0.25, -0.2) is 19.6 Å². The van der Waals surface area contributed by atoms with E-state index in [0.717, 1.165) is 83.8 Å². The zero-order valence-electron chi connectivity index (χ0n) is 34.7. The molecule has 4 aromatic rings. The van der Waals surface area contributed by atoms with Crippen molar-refractivity contribution >= 4 is 24.0 Å². The Bertz CT molecular complexity index is 2290. The number of methoxy groups -OCH3 is 2. The first kappa shape index (κ1) is 38.0. The number of alkyl carbamates (subject to hydrolysis) is 2. The minimum atomic E-state index is -0.617. The Morgan fingerprint density at radius 1 is 0.629 bits per heavy atom. The van der Waals surface area contributed by atoms with E-state index in [-0.39, 0.29) is 70.5 Å². The van der Waals surface area contributed by atoms with E-state index >= 15 is 0 Å². The topological polar surface area (TPSA) is 193 Å². The second kappa shape index (κ2) is 13.9. The van der Waals surface area contributed by atoms with Gasteiger partial charge in [0.2, 0.25) is 11.8 Å². The minimum Gasteiger partial charge on any atom is -0.453 e. The number of H-pyrrole nitrogens is 2. The van der Waals surface area contributed by atoms with Gasteiger partial charge in [0, 0.05) is 22.9 Å². The smallest absolute Gasteiger partial charge is 0.407 e. The number of fused-ring (bicyclic) bond motifs is 8. The lowest BCUT2D eigenvalue weighted by Gasteiger charge is -2.66. The van der Waals surface area contributed by atoms with Gasteiger partial charge in [0.1, 0.15) is 23.7 Å². The number of nitrogens with zero attached hydrogens (tertiary/aromatic N) is 4. The number of aromatic nitrogens is 4. The van der Waals surface area contributed by atoms with Crippen molar-refractivity contribution in [3.05, 3.63) is 72.6 Å². The van der Waals surface area contributed by atoms with Crippen molar-refractivity contribution in [2.75, 3.05) is 40.6 Å². The van der Waals surface area contributed by atoms with E-state index in [0.29, 0.717) is 26.4 Å². The highest BCUT2D eigenvalue weighted by Gasteiger charge is 2.70. The van der Waals surface area contributed by atoms with Crippen molar-refractivity contribution in [3.8, 4) is 33.6 Å². The molecular weight excluding hydrogens is 793 g/mol. The number of benzene rings is 2. The van der Waals surface area contributed by atoms with Gasteiger partial charge in [0.05, 0.1) is 76.5 Å². The fourth-order valence-electron chi connectivity index (χ4n) is 13.4. The highest BCUT2D eigenvalue weighted by molar-refractivity contribution is 5.89. The first-order valence-electron chi connectivity index (χ1n) is 22.0. The summed E-state index contributed by atoms with van der Waals surface area (Å²) < 4.78 is 21.1. The van der Waals surface area contributed by atoms with Crippen LogP contribution in [0.15, 0.2) is 60.9 Å². The second-order valence-electron chi connectivity index (χ2n) is 19.1. The maximum absolute atomic E-state index is 14.1. The molecule has 322 valence electrons. The van der Waals surface area contributed by atoms with Gasteiger partial charge in [-0.2, -0.15) is 0 Å². The van der Waals surface area contributed by atoms with Gasteiger partial charge >= 0.3 is 12.2 Å². The molecule has 8 fully saturated rings. The quantitative estimate of drug-likeness (QED) is 0.197. The number of aromatic amines is 2. The van der Waals surface area contributed by atoms with Crippen LogP contribution in [0.5, 0.6) is 0 Å². The molecule has 2 saturated carbocycles. The van der Waals surface area contributed by atoms with Crippen LogP contribution in [0.3, 0.4) is 0 Å².